The first-order chi connectivity index (χ1) is 11.7. The Morgan fingerprint density at radius 3 is 2.20 bits per heavy atom. The molecule has 134 valence electrons. The van der Waals surface area contributed by atoms with E-state index in [4.69, 9.17) is 0 Å². The first-order valence-corrected chi connectivity index (χ1v) is 9.59. The van der Waals surface area contributed by atoms with Crippen molar-refractivity contribution in [1.29, 1.82) is 0 Å². The van der Waals surface area contributed by atoms with Crippen LogP contribution in [-0.2, 0) is 10.0 Å². The van der Waals surface area contributed by atoms with Crippen molar-refractivity contribution in [2.75, 3.05) is 0 Å². The molecule has 2 aromatic rings. The number of nitro groups is 1. The molecule has 6 nitrogen and oxygen atoms in total. The highest BCUT2D eigenvalue weighted by Gasteiger charge is 2.22. The van der Waals surface area contributed by atoms with E-state index >= 15 is 0 Å². The molecule has 25 heavy (non-hydrogen) atoms. The number of sulfonamides is 1. The molecule has 0 aliphatic rings. The van der Waals surface area contributed by atoms with Gasteiger partial charge < -0.3 is 0 Å². The quantitative estimate of drug-likeness (QED) is 0.592. The van der Waals surface area contributed by atoms with Crippen LogP contribution in [0.3, 0.4) is 0 Å². The van der Waals surface area contributed by atoms with Crippen molar-refractivity contribution in [2.45, 2.75) is 44.0 Å². The lowest BCUT2D eigenvalue weighted by Gasteiger charge is -2.18. The van der Waals surface area contributed by atoms with Crippen LogP contribution in [0.15, 0.2) is 53.4 Å². The van der Waals surface area contributed by atoms with E-state index in [0.29, 0.717) is 12.3 Å². The van der Waals surface area contributed by atoms with Crippen molar-refractivity contribution in [1.82, 2.24) is 4.72 Å². The van der Waals surface area contributed by atoms with Crippen LogP contribution in [0, 0.1) is 10.1 Å². The molecule has 1 unspecified atom stereocenters. The average Bonchev–Trinajstić information content (AvgIpc) is 2.60. The van der Waals surface area contributed by atoms with Crippen LogP contribution < -0.4 is 4.72 Å². The van der Waals surface area contributed by atoms with Crippen molar-refractivity contribution in [3.05, 3.63) is 69.8 Å². The normalized spacial score (nSPS) is 13.0. The first kappa shape index (κ1) is 19.1. The number of hydrogen-bond acceptors (Lipinski definition) is 4. The fourth-order valence-electron chi connectivity index (χ4n) is 2.52. The largest absolute Gasteiger partial charge is 0.270 e. The van der Waals surface area contributed by atoms with Crippen LogP contribution in [-0.4, -0.2) is 13.3 Å². The predicted octanol–water partition coefficient (Wildman–Crippen LogP) is 4.15. The molecule has 0 aromatic heterocycles. The van der Waals surface area contributed by atoms with Gasteiger partial charge in [0.1, 0.15) is 0 Å². The van der Waals surface area contributed by atoms with Gasteiger partial charge in [0.15, 0.2) is 0 Å². The zero-order valence-electron chi connectivity index (χ0n) is 14.5. The Morgan fingerprint density at radius 1 is 1.08 bits per heavy atom. The molecule has 2 aromatic carbocycles. The third-order valence-electron chi connectivity index (χ3n) is 4.05. The molecule has 0 aliphatic carbocycles. The van der Waals surface area contributed by atoms with Gasteiger partial charge in [-0.3, -0.25) is 10.1 Å². The molecule has 0 amide bonds. The number of rotatable bonds is 7. The second kappa shape index (κ2) is 7.76. The molecule has 0 saturated carbocycles. The summed E-state index contributed by atoms with van der Waals surface area (Å²) in [4.78, 5) is 10.1. The van der Waals surface area contributed by atoms with Gasteiger partial charge in [-0.15, -0.1) is 0 Å². The number of nitrogens with one attached hydrogen (secondary N) is 1. The molecule has 0 saturated heterocycles. The van der Waals surface area contributed by atoms with Crippen LogP contribution >= 0.6 is 0 Å². The summed E-state index contributed by atoms with van der Waals surface area (Å²) in [6.45, 7) is 6.08. The van der Waals surface area contributed by atoms with Gasteiger partial charge in [-0.2, -0.15) is 0 Å². The highest BCUT2D eigenvalue weighted by molar-refractivity contribution is 7.89. The molecule has 0 bridgehead atoms. The molecule has 0 fully saturated rings. The molecular weight excluding hydrogens is 340 g/mol. The van der Waals surface area contributed by atoms with Gasteiger partial charge in [-0.1, -0.05) is 51.1 Å². The van der Waals surface area contributed by atoms with Crippen LogP contribution in [0.2, 0.25) is 0 Å². The lowest BCUT2D eigenvalue weighted by atomic mass is 9.98. The maximum atomic E-state index is 12.6. The number of hydrogen-bond donors (Lipinski definition) is 1. The van der Waals surface area contributed by atoms with Crippen LogP contribution in [0.5, 0.6) is 0 Å². The molecule has 7 heteroatoms. The predicted molar refractivity (Wildman–Crippen MR) is 97.0 cm³/mol. The lowest BCUT2D eigenvalue weighted by molar-refractivity contribution is -0.385. The Labute approximate surface area is 148 Å². The average molecular weight is 362 g/mol. The van der Waals surface area contributed by atoms with Crippen molar-refractivity contribution in [2.24, 2.45) is 0 Å². The number of nitro benzene ring substituents is 1. The van der Waals surface area contributed by atoms with E-state index in [9.17, 15) is 18.5 Å². The van der Waals surface area contributed by atoms with E-state index < -0.39 is 21.0 Å². The maximum Gasteiger partial charge on any atom is 0.270 e. The molecule has 0 heterocycles. The SMILES string of the molecule is CCC(NS(=O)(=O)c1cccc([N+](=O)[O-])c1)c1ccc(C(C)C)cc1. The number of benzene rings is 2. The summed E-state index contributed by atoms with van der Waals surface area (Å²) in [5.41, 5.74) is 1.79. The Bertz CT molecular complexity index is 846. The summed E-state index contributed by atoms with van der Waals surface area (Å²) in [5.74, 6) is 0.399. The Balaban J connectivity index is 2.27. The number of nitrogens with zero attached hydrogens (tertiary/aromatic N) is 1. The van der Waals surface area contributed by atoms with Crippen LogP contribution in [0.4, 0.5) is 5.69 Å². The van der Waals surface area contributed by atoms with Gasteiger partial charge in [0, 0.05) is 18.2 Å². The topological polar surface area (TPSA) is 89.3 Å². The molecule has 1 atom stereocenters. The molecule has 0 radical (unpaired) electrons. The second-order valence-electron chi connectivity index (χ2n) is 6.16. The second-order valence-corrected chi connectivity index (χ2v) is 7.87. The van der Waals surface area contributed by atoms with E-state index in [1.807, 2.05) is 31.2 Å². The Kier molecular flexibility index (Phi) is 5.92. The van der Waals surface area contributed by atoms with E-state index in [0.717, 1.165) is 11.6 Å². The van der Waals surface area contributed by atoms with E-state index in [1.54, 1.807) is 0 Å². The number of non-ortho nitro benzene ring substituents is 1. The van der Waals surface area contributed by atoms with Gasteiger partial charge in [0.2, 0.25) is 10.0 Å². The zero-order valence-corrected chi connectivity index (χ0v) is 15.3. The summed E-state index contributed by atoms with van der Waals surface area (Å²) >= 11 is 0. The molecular formula is C18H22N2O4S. The summed E-state index contributed by atoms with van der Waals surface area (Å²) < 4.78 is 27.8. The molecule has 1 N–H and O–H groups in total. The first-order valence-electron chi connectivity index (χ1n) is 8.11. The zero-order chi connectivity index (χ0) is 18.6. The van der Waals surface area contributed by atoms with Crippen LogP contribution in [0.1, 0.15) is 50.3 Å². The van der Waals surface area contributed by atoms with Gasteiger partial charge in [0.25, 0.3) is 5.69 Å². The van der Waals surface area contributed by atoms with Gasteiger partial charge in [-0.05, 0) is 29.5 Å². The summed E-state index contributed by atoms with van der Waals surface area (Å²) in [6, 6.07) is 12.5. The molecule has 0 aliphatic heterocycles. The van der Waals surface area contributed by atoms with Crippen molar-refractivity contribution < 1.29 is 13.3 Å². The minimum Gasteiger partial charge on any atom is -0.258 e. The fraction of sp³-hybridized carbons (Fsp3) is 0.333. The van der Waals surface area contributed by atoms with E-state index in [-0.39, 0.29) is 10.6 Å². The van der Waals surface area contributed by atoms with Gasteiger partial charge in [0.05, 0.1) is 9.82 Å². The standard InChI is InChI=1S/C18H22N2O4S/c1-4-18(15-10-8-14(9-11-15)13(2)3)19-25(23,24)17-7-5-6-16(12-17)20(21)22/h5-13,18-19H,4H2,1-3H3. The smallest absolute Gasteiger partial charge is 0.258 e. The fourth-order valence-corrected chi connectivity index (χ4v) is 3.87. The van der Waals surface area contributed by atoms with E-state index in [2.05, 4.69) is 18.6 Å². The lowest BCUT2D eigenvalue weighted by Crippen LogP contribution is -2.28. The summed E-state index contributed by atoms with van der Waals surface area (Å²) in [5, 5.41) is 10.9. The molecule has 2 rings (SSSR count). The summed E-state index contributed by atoms with van der Waals surface area (Å²) in [7, 11) is -3.86. The van der Waals surface area contributed by atoms with Crippen molar-refractivity contribution in [3.63, 3.8) is 0 Å². The summed E-state index contributed by atoms with van der Waals surface area (Å²) in [6.07, 6.45) is 0.565. The minimum atomic E-state index is -3.86. The Morgan fingerprint density at radius 2 is 1.68 bits per heavy atom. The maximum absolute atomic E-state index is 12.6. The monoisotopic (exact) mass is 362 g/mol. The minimum absolute atomic E-state index is 0.112. The third-order valence-corrected chi connectivity index (χ3v) is 5.52. The van der Waals surface area contributed by atoms with Crippen LogP contribution in [0.25, 0.3) is 0 Å². The van der Waals surface area contributed by atoms with Crippen molar-refractivity contribution in [3.8, 4) is 0 Å². The van der Waals surface area contributed by atoms with Gasteiger partial charge >= 0.3 is 0 Å². The van der Waals surface area contributed by atoms with Crippen molar-refractivity contribution >= 4 is 15.7 Å². The molecule has 0 spiro atoms. The van der Waals surface area contributed by atoms with E-state index in [1.165, 1.54) is 23.8 Å². The highest BCUT2D eigenvalue weighted by Crippen LogP contribution is 2.24. The third kappa shape index (κ3) is 4.64. The Hall–Kier alpha value is -2.25. The highest BCUT2D eigenvalue weighted by atomic mass is 32.2. The van der Waals surface area contributed by atoms with Gasteiger partial charge in [-0.25, -0.2) is 13.1 Å².